The summed E-state index contributed by atoms with van der Waals surface area (Å²) in [6.45, 7) is 0.0713. The molecule has 0 saturated carbocycles. The predicted molar refractivity (Wildman–Crippen MR) is 124 cm³/mol. The summed E-state index contributed by atoms with van der Waals surface area (Å²) in [5, 5.41) is 13.2. The van der Waals surface area contributed by atoms with Crippen LogP contribution in [0.5, 0.6) is 0 Å². The molecule has 1 aliphatic rings. The van der Waals surface area contributed by atoms with Crippen molar-refractivity contribution in [1.29, 1.82) is 0 Å². The van der Waals surface area contributed by atoms with E-state index in [0.29, 0.717) is 17.7 Å². The Morgan fingerprint density at radius 3 is 2.31 bits per heavy atom. The smallest absolute Gasteiger partial charge is 0.255 e. The summed E-state index contributed by atoms with van der Waals surface area (Å²) in [5.41, 5.74) is 3.99. The highest BCUT2D eigenvalue weighted by Gasteiger charge is 2.44. The Morgan fingerprint density at radius 2 is 1.66 bits per heavy atom. The van der Waals surface area contributed by atoms with E-state index in [-0.39, 0.29) is 18.4 Å². The van der Waals surface area contributed by atoms with E-state index in [1.807, 2.05) is 85.7 Å². The van der Waals surface area contributed by atoms with Gasteiger partial charge in [0.05, 0.1) is 12.6 Å². The lowest BCUT2D eigenvalue weighted by molar-refractivity contribution is -0.126. The van der Waals surface area contributed by atoms with Gasteiger partial charge in [-0.1, -0.05) is 60.7 Å². The van der Waals surface area contributed by atoms with E-state index in [0.717, 1.165) is 16.8 Å². The first-order chi connectivity index (χ1) is 15.5. The van der Waals surface area contributed by atoms with Gasteiger partial charge in [0, 0.05) is 31.9 Å². The van der Waals surface area contributed by atoms with Crippen LogP contribution in [0.2, 0.25) is 0 Å². The Bertz CT molecular complexity index is 1100. The van der Waals surface area contributed by atoms with Gasteiger partial charge in [0.2, 0.25) is 5.91 Å². The lowest BCUT2D eigenvalue weighted by Crippen LogP contribution is -2.42. The van der Waals surface area contributed by atoms with Crippen LogP contribution >= 0.6 is 0 Å². The number of hydrogen-bond acceptors (Lipinski definition) is 4. The van der Waals surface area contributed by atoms with Crippen LogP contribution in [0.25, 0.3) is 0 Å². The number of nitrogens with zero attached hydrogens (tertiary/aromatic N) is 2. The Morgan fingerprint density at radius 1 is 1.00 bits per heavy atom. The summed E-state index contributed by atoms with van der Waals surface area (Å²) in [4.78, 5) is 30.2. The van der Waals surface area contributed by atoms with Gasteiger partial charge in [-0.3, -0.25) is 9.59 Å². The zero-order valence-electron chi connectivity index (χ0n) is 18.2. The van der Waals surface area contributed by atoms with Crippen molar-refractivity contribution in [3.63, 3.8) is 0 Å². The zero-order valence-corrected chi connectivity index (χ0v) is 18.2. The molecular weight excluding hydrogens is 402 g/mol. The molecule has 2 amide bonds. The maximum absolute atomic E-state index is 13.4. The van der Waals surface area contributed by atoms with Crippen molar-refractivity contribution in [2.45, 2.75) is 18.6 Å². The summed E-state index contributed by atoms with van der Waals surface area (Å²) in [6.07, 6.45) is 0. The number of nitrogens with one attached hydrogen (secondary N) is 1. The minimum absolute atomic E-state index is 0.251. The average Bonchev–Trinajstić information content (AvgIpc) is 3.11. The number of anilines is 1. The van der Waals surface area contributed by atoms with Crippen molar-refractivity contribution >= 4 is 17.5 Å². The van der Waals surface area contributed by atoms with Crippen molar-refractivity contribution in [3.8, 4) is 0 Å². The highest BCUT2D eigenvalue weighted by Crippen LogP contribution is 2.39. The molecule has 2 atom stereocenters. The minimum atomic E-state index is -0.808. The summed E-state index contributed by atoms with van der Waals surface area (Å²) < 4.78 is 0. The molecule has 1 aliphatic heterocycles. The van der Waals surface area contributed by atoms with Crippen molar-refractivity contribution < 1.29 is 14.7 Å². The fraction of sp³-hybridized carbons (Fsp3) is 0.231. The molecule has 0 radical (unpaired) electrons. The van der Waals surface area contributed by atoms with Gasteiger partial charge in [-0.05, 0) is 34.9 Å². The summed E-state index contributed by atoms with van der Waals surface area (Å²) in [6, 6.07) is 23.0. The fourth-order valence-corrected chi connectivity index (χ4v) is 4.15. The first-order valence-corrected chi connectivity index (χ1v) is 10.6. The van der Waals surface area contributed by atoms with Gasteiger partial charge in [0.15, 0.2) is 0 Å². The van der Waals surface area contributed by atoms with Crippen LogP contribution in [0.1, 0.15) is 39.1 Å². The van der Waals surface area contributed by atoms with E-state index < -0.39 is 12.1 Å². The number of carbonyl (C=O) groups is 2. The Kier molecular flexibility index (Phi) is 6.23. The lowest BCUT2D eigenvalue weighted by Gasteiger charge is -2.32. The van der Waals surface area contributed by atoms with Gasteiger partial charge in [0.25, 0.3) is 5.91 Å². The van der Waals surface area contributed by atoms with Crippen molar-refractivity contribution in [2.24, 2.45) is 0 Å². The number of carbonyl (C=O) groups excluding carboxylic acids is 2. The molecule has 4 rings (SSSR count). The van der Waals surface area contributed by atoms with Gasteiger partial charge in [0.1, 0.15) is 6.04 Å². The first kappa shape index (κ1) is 21.6. The largest absolute Gasteiger partial charge is 0.394 e. The van der Waals surface area contributed by atoms with E-state index in [4.69, 9.17) is 0 Å². The Balaban J connectivity index is 1.61. The Labute approximate surface area is 188 Å². The molecular formula is C26H27N3O3. The third kappa shape index (κ3) is 4.09. The van der Waals surface area contributed by atoms with Crippen LogP contribution in [-0.4, -0.2) is 42.5 Å². The van der Waals surface area contributed by atoms with Gasteiger partial charge in [-0.15, -0.1) is 0 Å². The molecule has 3 aromatic carbocycles. The second-order valence-electron chi connectivity index (χ2n) is 8.09. The van der Waals surface area contributed by atoms with Crippen molar-refractivity contribution in [2.75, 3.05) is 25.6 Å². The standard InChI is InChI=1S/C26H27N3O3/c1-28(2)20-14-12-18(13-15-20)16-27-25(31)24-21-10-6-7-11-22(21)26(32)29(24)23(17-30)19-8-4-3-5-9-19/h3-15,23-24,30H,16-17H2,1-2H3,(H,27,31). The van der Waals surface area contributed by atoms with E-state index in [9.17, 15) is 14.7 Å². The van der Waals surface area contributed by atoms with Crippen LogP contribution in [-0.2, 0) is 11.3 Å². The van der Waals surface area contributed by atoms with E-state index in [1.165, 1.54) is 4.90 Å². The van der Waals surface area contributed by atoms with E-state index in [2.05, 4.69) is 5.32 Å². The van der Waals surface area contributed by atoms with Crippen molar-refractivity contribution in [3.05, 3.63) is 101 Å². The number of aliphatic hydroxyl groups is 1. The van der Waals surface area contributed by atoms with Crippen LogP contribution in [0.15, 0.2) is 78.9 Å². The minimum Gasteiger partial charge on any atom is -0.394 e. The monoisotopic (exact) mass is 429 g/mol. The highest BCUT2D eigenvalue weighted by atomic mass is 16.3. The molecule has 6 heteroatoms. The van der Waals surface area contributed by atoms with Crippen LogP contribution < -0.4 is 10.2 Å². The predicted octanol–water partition coefficient (Wildman–Crippen LogP) is 3.30. The molecule has 0 aromatic heterocycles. The van der Waals surface area contributed by atoms with Crippen LogP contribution in [0, 0.1) is 0 Å². The molecule has 3 aromatic rings. The van der Waals surface area contributed by atoms with Gasteiger partial charge in [-0.2, -0.15) is 0 Å². The molecule has 2 N–H and O–H groups in total. The van der Waals surface area contributed by atoms with Crippen molar-refractivity contribution in [1.82, 2.24) is 10.2 Å². The molecule has 6 nitrogen and oxygen atoms in total. The number of benzene rings is 3. The Hall–Kier alpha value is -3.64. The number of rotatable bonds is 7. The molecule has 0 bridgehead atoms. The molecule has 1 heterocycles. The topological polar surface area (TPSA) is 72.9 Å². The molecule has 0 fully saturated rings. The average molecular weight is 430 g/mol. The molecule has 32 heavy (non-hydrogen) atoms. The summed E-state index contributed by atoms with van der Waals surface area (Å²) in [5.74, 6) is -0.520. The van der Waals surface area contributed by atoms with Crippen LogP contribution in [0.3, 0.4) is 0 Å². The van der Waals surface area contributed by atoms with E-state index >= 15 is 0 Å². The molecule has 0 saturated heterocycles. The molecule has 2 unspecified atom stereocenters. The lowest BCUT2D eigenvalue weighted by atomic mass is 10.0. The number of aliphatic hydroxyl groups excluding tert-OH is 1. The first-order valence-electron chi connectivity index (χ1n) is 10.6. The van der Waals surface area contributed by atoms with Gasteiger partial charge in [-0.25, -0.2) is 0 Å². The second-order valence-corrected chi connectivity index (χ2v) is 8.09. The number of fused-ring (bicyclic) bond motifs is 1. The number of amides is 2. The maximum atomic E-state index is 13.4. The third-order valence-corrected chi connectivity index (χ3v) is 5.86. The summed E-state index contributed by atoms with van der Waals surface area (Å²) in [7, 11) is 3.95. The molecule has 0 aliphatic carbocycles. The molecule has 164 valence electrons. The summed E-state index contributed by atoms with van der Waals surface area (Å²) >= 11 is 0. The number of hydrogen-bond donors (Lipinski definition) is 2. The van der Waals surface area contributed by atoms with Gasteiger partial charge >= 0.3 is 0 Å². The molecule has 0 spiro atoms. The van der Waals surface area contributed by atoms with E-state index in [1.54, 1.807) is 12.1 Å². The maximum Gasteiger partial charge on any atom is 0.255 e. The third-order valence-electron chi connectivity index (χ3n) is 5.86. The normalized spacial score (nSPS) is 15.9. The second kappa shape index (κ2) is 9.24. The SMILES string of the molecule is CN(C)c1ccc(CNC(=O)C2c3ccccc3C(=O)N2C(CO)c2ccccc2)cc1. The highest BCUT2D eigenvalue weighted by molar-refractivity contribution is 6.05. The fourth-order valence-electron chi connectivity index (χ4n) is 4.15. The van der Waals surface area contributed by atoms with Gasteiger partial charge < -0.3 is 20.2 Å². The zero-order chi connectivity index (χ0) is 22.7. The quantitative estimate of drug-likeness (QED) is 0.605. The van der Waals surface area contributed by atoms with Crippen LogP contribution in [0.4, 0.5) is 5.69 Å².